The Bertz CT molecular complexity index is 786. The van der Waals surface area contributed by atoms with E-state index in [0.29, 0.717) is 13.2 Å². The molecule has 1 fully saturated rings. The van der Waals surface area contributed by atoms with Gasteiger partial charge >= 0.3 is 0 Å². The molecule has 0 bridgehead atoms. The molecule has 0 aliphatic carbocycles. The molecular formula is C14H15F2N3O3S. The quantitative estimate of drug-likeness (QED) is 0.906. The zero-order valence-corrected chi connectivity index (χ0v) is 12.8. The Balaban J connectivity index is 1.87. The van der Waals surface area contributed by atoms with Crippen LogP contribution in [0.15, 0.2) is 41.4 Å². The van der Waals surface area contributed by atoms with Gasteiger partial charge in [-0.1, -0.05) is 12.1 Å². The molecule has 1 aliphatic heterocycles. The first-order valence-electron chi connectivity index (χ1n) is 6.99. The summed E-state index contributed by atoms with van der Waals surface area (Å²) in [6.45, 7) is 1.05. The molecule has 6 nitrogen and oxygen atoms in total. The number of ether oxygens (including phenoxy) is 1. The van der Waals surface area contributed by atoms with E-state index in [1.54, 1.807) is 4.68 Å². The Labute approximate surface area is 132 Å². The van der Waals surface area contributed by atoms with Gasteiger partial charge < -0.3 is 4.74 Å². The monoisotopic (exact) mass is 343 g/mol. The van der Waals surface area contributed by atoms with Crippen LogP contribution in [0.2, 0.25) is 0 Å². The highest BCUT2D eigenvalue weighted by Crippen LogP contribution is 2.26. The van der Waals surface area contributed by atoms with E-state index in [2.05, 4.69) is 9.82 Å². The van der Waals surface area contributed by atoms with Crippen molar-refractivity contribution in [2.24, 2.45) is 0 Å². The predicted molar refractivity (Wildman–Crippen MR) is 78.9 cm³/mol. The van der Waals surface area contributed by atoms with Crippen molar-refractivity contribution in [3.8, 4) is 0 Å². The van der Waals surface area contributed by atoms with Gasteiger partial charge in [0.1, 0.15) is 5.82 Å². The lowest BCUT2D eigenvalue weighted by Crippen LogP contribution is -2.19. The van der Waals surface area contributed by atoms with Crippen LogP contribution in [0.3, 0.4) is 0 Å². The van der Waals surface area contributed by atoms with Gasteiger partial charge in [-0.25, -0.2) is 21.9 Å². The molecule has 2 heterocycles. The van der Waals surface area contributed by atoms with Crippen molar-refractivity contribution >= 4 is 15.8 Å². The van der Waals surface area contributed by atoms with Crippen LogP contribution in [-0.4, -0.2) is 31.4 Å². The lowest BCUT2D eigenvalue weighted by Gasteiger charge is -2.14. The van der Waals surface area contributed by atoms with Crippen molar-refractivity contribution in [1.82, 2.24) is 9.78 Å². The molecule has 124 valence electrons. The first-order valence-corrected chi connectivity index (χ1v) is 8.48. The molecule has 23 heavy (non-hydrogen) atoms. The number of sulfonamides is 1. The number of aromatic nitrogens is 2. The molecule has 1 aliphatic rings. The van der Waals surface area contributed by atoms with Crippen LogP contribution in [0.5, 0.6) is 0 Å². The van der Waals surface area contributed by atoms with Gasteiger partial charge in [0, 0.05) is 18.2 Å². The highest BCUT2D eigenvalue weighted by Gasteiger charge is 2.24. The highest BCUT2D eigenvalue weighted by molar-refractivity contribution is 7.92. The molecule has 0 saturated carbocycles. The summed E-state index contributed by atoms with van der Waals surface area (Å²) in [5.41, 5.74) is -0.342. The van der Waals surface area contributed by atoms with Gasteiger partial charge in [0.05, 0.1) is 23.7 Å². The SMILES string of the molecule is O=S(=O)(Nc1ccnn1C1CCOC1)c1cccc(C(F)F)c1. The molecule has 1 aromatic heterocycles. The largest absolute Gasteiger partial charge is 0.379 e. The number of hydrogen-bond donors (Lipinski definition) is 1. The highest BCUT2D eigenvalue weighted by atomic mass is 32.2. The summed E-state index contributed by atoms with van der Waals surface area (Å²) in [5.74, 6) is 0.281. The van der Waals surface area contributed by atoms with Crippen molar-refractivity contribution in [2.45, 2.75) is 23.8 Å². The number of nitrogens with one attached hydrogen (secondary N) is 1. The molecule has 2 aromatic rings. The average molecular weight is 343 g/mol. The molecule has 1 unspecified atom stereocenters. The van der Waals surface area contributed by atoms with Gasteiger partial charge in [0.25, 0.3) is 16.4 Å². The smallest absolute Gasteiger partial charge is 0.263 e. The average Bonchev–Trinajstić information content (AvgIpc) is 3.17. The fourth-order valence-corrected chi connectivity index (χ4v) is 3.52. The summed E-state index contributed by atoms with van der Waals surface area (Å²) < 4.78 is 59.5. The van der Waals surface area contributed by atoms with Gasteiger partial charge in [-0.05, 0) is 18.6 Å². The number of rotatable bonds is 5. The number of halogens is 2. The van der Waals surface area contributed by atoms with Crippen LogP contribution in [0, 0.1) is 0 Å². The lowest BCUT2D eigenvalue weighted by atomic mass is 10.2. The second-order valence-electron chi connectivity index (χ2n) is 5.16. The molecule has 0 radical (unpaired) electrons. The fraction of sp³-hybridized carbons (Fsp3) is 0.357. The van der Waals surface area contributed by atoms with Gasteiger partial charge in [-0.3, -0.25) is 4.72 Å². The van der Waals surface area contributed by atoms with E-state index in [1.165, 1.54) is 30.5 Å². The Morgan fingerprint density at radius 1 is 1.35 bits per heavy atom. The maximum Gasteiger partial charge on any atom is 0.263 e. The standard InChI is InChI=1S/C14H15F2N3O3S/c15-14(16)10-2-1-3-12(8-10)23(20,21)18-13-4-6-17-19(13)11-5-7-22-9-11/h1-4,6,8,11,14,18H,5,7,9H2. The lowest BCUT2D eigenvalue weighted by molar-refractivity contribution is 0.151. The minimum atomic E-state index is -3.98. The van der Waals surface area contributed by atoms with Gasteiger partial charge in [0.15, 0.2) is 0 Å². The van der Waals surface area contributed by atoms with E-state index in [0.717, 1.165) is 12.5 Å². The van der Waals surface area contributed by atoms with E-state index in [1.807, 2.05) is 0 Å². The minimum absolute atomic E-state index is 0.0462. The third kappa shape index (κ3) is 3.35. The summed E-state index contributed by atoms with van der Waals surface area (Å²) in [6.07, 6.45) is -0.519. The minimum Gasteiger partial charge on any atom is -0.379 e. The molecule has 1 aromatic carbocycles. The third-order valence-electron chi connectivity index (χ3n) is 3.58. The molecule has 0 spiro atoms. The number of nitrogens with zero attached hydrogens (tertiary/aromatic N) is 2. The van der Waals surface area contributed by atoms with Crippen LogP contribution in [0.4, 0.5) is 14.6 Å². The molecule has 3 rings (SSSR count). The second-order valence-corrected chi connectivity index (χ2v) is 6.84. The van der Waals surface area contributed by atoms with Gasteiger partial charge in [-0.2, -0.15) is 5.10 Å². The predicted octanol–water partition coefficient (Wildman–Crippen LogP) is 2.58. The Morgan fingerprint density at radius 2 is 2.17 bits per heavy atom. The normalized spacial score (nSPS) is 18.5. The molecular weight excluding hydrogens is 328 g/mol. The zero-order chi connectivity index (χ0) is 16.4. The Hall–Kier alpha value is -2.00. The van der Waals surface area contributed by atoms with Crippen molar-refractivity contribution in [3.63, 3.8) is 0 Å². The molecule has 9 heteroatoms. The van der Waals surface area contributed by atoms with E-state index >= 15 is 0 Å². The van der Waals surface area contributed by atoms with E-state index in [4.69, 9.17) is 4.74 Å². The fourth-order valence-electron chi connectivity index (χ4n) is 2.42. The third-order valence-corrected chi connectivity index (χ3v) is 4.93. The first-order chi connectivity index (χ1) is 11.0. The van der Waals surface area contributed by atoms with Crippen LogP contribution in [-0.2, 0) is 14.8 Å². The summed E-state index contributed by atoms with van der Waals surface area (Å²) in [5, 5.41) is 4.11. The molecule has 1 saturated heterocycles. The summed E-state index contributed by atoms with van der Waals surface area (Å²) in [7, 11) is -3.98. The second kappa shape index (κ2) is 6.25. The zero-order valence-electron chi connectivity index (χ0n) is 12.0. The first kappa shape index (κ1) is 15.9. The molecule has 1 N–H and O–H groups in total. The van der Waals surface area contributed by atoms with Crippen molar-refractivity contribution in [3.05, 3.63) is 42.1 Å². The summed E-state index contributed by atoms with van der Waals surface area (Å²) in [6, 6.07) is 6.18. The Kier molecular flexibility index (Phi) is 4.31. The van der Waals surface area contributed by atoms with E-state index in [9.17, 15) is 17.2 Å². The van der Waals surface area contributed by atoms with Gasteiger partial charge in [0.2, 0.25) is 0 Å². The number of hydrogen-bond acceptors (Lipinski definition) is 4. The topological polar surface area (TPSA) is 73.2 Å². The van der Waals surface area contributed by atoms with E-state index in [-0.39, 0.29) is 22.3 Å². The summed E-state index contributed by atoms with van der Waals surface area (Å²) in [4.78, 5) is -0.217. The van der Waals surface area contributed by atoms with Crippen LogP contribution in [0.25, 0.3) is 0 Å². The van der Waals surface area contributed by atoms with Crippen LogP contribution >= 0.6 is 0 Å². The summed E-state index contributed by atoms with van der Waals surface area (Å²) >= 11 is 0. The van der Waals surface area contributed by atoms with E-state index < -0.39 is 16.4 Å². The molecule has 1 atom stereocenters. The Morgan fingerprint density at radius 3 is 2.87 bits per heavy atom. The van der Waals surface area contributed by atoms with Crippen LogP contribution < -0.4 is 4.72 Å². The number of anilines is 1. The van der Waals surface area contributed by atoms with Crippen molar-refractivity contribution < 1.29 is 21.9 Å². The van der Waals surface area contributed by atoms with Crippen LogP contribution in [0.1, 0.15) is 24.5 Å². The number of benzene rings is 1. The van der Waals surface area contributed by atoms with Gasteiger partial charge in [-0.15, -0.1) is 0 Å². The van der Waals surface area contributed by atoms with Crippen molar-refractivity contribution in [2.75, 3.05) is 17.9 Å². The maximum absolute atomic E-state index is 12.7. The van der Waals surface area contributed by atoms with Crippen molar-refractivity contribution in [1.29, 1.82) is 0 Å². The maximum atomic E-state index is 12.7. The molecule has 0 amide bonds. The number of alkyl halides is 2.